The molecule has 0 saturated heterocycles. The first-order chi connectivity index (χ1) is 33.2. The molecule has 8 nitrogen and oxygen atoms in total. The summed E-state index contributed by atoms with van der Waals surface area (Å²) in [7, 11) is 0. The minimum absolute atomic E-state index is 0. The molecule has 0 fully saturated rings. The molecule has 9 heteroatoms. The number of carboxylic acid groups (broad SMARTS) is 2. The van der Waals surface area contributed by atoms with E-state index in [1.54, 1.807) is 0 Å². The van der Waals surface area contributed by atoms with Gasteiger partial charge in [-0.05, 0) is 89.9 Å². The van der Waals surface area contributed by atoms with Crippen LogP contribution in [0.25, 0.3) is 0 Å². The van der Waals surface area contributed by atoms with Crippen molar-refractivity contribution >= 4 is 23.9 Å². The number of esters is 2. The van der Waals surface area contributed by atoms with Gasteiger partial charge in [-0.2, -0.15) is 0 Å². The van der Waals surface area contributed by atoms with Crippen molar-refractivity contribution in [3.8, 4) is 0 Å². The molecule has 2 unspecified atom stereocenters. The number of hydrogen-bond donors (Lipinski definition) is 0. The number of hydrogen-bond acceptors (Lipinski definition) is 8. The van der Waals surface area contributed by atoms with E-state index < -0.39 is 11.9 Å². The second kappa shape index (κ2) is 60.8. The molecule has 404 valence electrons. The Bertz CT molecular complexity index is 988. The van der Waals surface area contributed by atoms with Gasteiger partial charge < -0.3 is 29.3 Å². The van der Waals surface area contributed by atoms with Crippen molar-refractivity contribution in [3.05, 3.63) is 0 Å². The van der Waals surface area contributed by atoms with Gasteiger partial charge in [0.25, 0.3) is 0 Å². The van der Waals surface area contributed by atoms with Crippen LogP contribution in [0.2, 0.25) is 0 Å². The Labute approximate surface area is 441 Å². The Morgan fingerprint density at radius 3 is 0.652 bits per heavy atom. The van der Waals surface area contributed by atoms with E-state index in [4.69, 9.17) is 9.47 Å². The monoisotopic (exact) mass is 1030 g/mol. The summed E-state index contributed by atoms with van der Waals surface area (Å²) in [5, 5.41) is 21.0. The summed E-state index contributed by atoms with van der Waals surface area (Å²) in [5.74, 6) is -1.92. The van der Waals surface area contributed by atoms with E-state index in [2.05, 4.69) is 27.7 Å². The fraction of sp³-hybridized carbons (Fsp3) is 0.933. The molecule has 0 radical (unpaired) electrons. The average molecular weight is 1030 g/mol. The van der Waals surface area contributed by atoms with E-state index in [0.29, 0.717) is 25.7 Å². The fourth-order valence-corrected chi connectivity index (χ4v) is 9.18. The van der Waals surface area contributed by atoms with Crippen molar-refractivity contribution < 1.29 is 58.3 Å². The van der Waals surface area contributed by atoms with Crippen LogP contribution in [0.3, 0.4) is 0 Å². The smallest absolute Gasteiger partial charge is 0.550 e. The maximum Gasteiger partial charge on any atom is 2.00 e. The minimum atomic E-state index is -0.950. The number of rotatable bonds is 54. The third-order valence-corrected chi connectivity index (χ3v) is 13.6. The van der Waals surface area contributed by atoms with Crippen LogP contribution in [-0.2, 0) is 48.1 Å². The van der Waals surface area contributed by atoms with Crippen molar-refractivity contribution in [1.82, 2.24) is 0 Å². The van der Waals surface area contributed by atoms with Crippen molar-refractivity contribution in [2.45, 2.75) is 361 Å². The van der Waals surface area contributed by atoms with E-state index in [1.807, 2.05) is 0 Å². The summed E-state index contributed by atoms with van der Waals surface area (Å²) >= 11 is 0. The Morgan fingerprint density at radius 2 is 0.449 bits per heavy atom. The molecule has 0 aromatic rings. The van der Waals surface area contributed by atoms with E-state index in [-0.39, 0.29) is 56.5 Å². The van der Waals surface area contributed by atoms with Gasteiger partial charge in [-0.15, -0.1) is 0 Å². The van der Waals surface area contributed by atoms with Crippen LogP contribution in [0.1, 0.15) is 349 Å². The third-order valence-electron chi connectivity index (χ3n) is 13.6. The fourth-order valence-electron chi connectivity index (χ4n) is 9.18. The molecule has 69 heavy (non-hydrogen) atoms. The van der Waals surface area contributed by atoms with Crippen LogP contribution in [0.4, 0.5) is 0 Å². The summed E-state index contributed by atoms with van der Waals surface area (Å²) in [5.41, 5.74) is 0. The van der Waals surface area contributed by atoms with E-state index in [1.165, 1.54) is 167 Å². The van der Waals surface area contributed by atoms with Gasteiger partial charge in [0.2, 0.25) is 0 Å². The molecule has 0 aliphatic heterocycles. The second-order valence-electron chi connectivity index (χ2n) is 20.6. The first-order valence-electron chi connectivity index (χ1n) is 30.0. The molecule has 0 aromatic heterocycles. The van der Waals surface area contributed by atoms with Crippen LogP contribution in [0, 0.1) is 0 Å². The largest absolute Gasteiger partial charge is 2.00 e. The molecule has 0 heterocycles. The van der Waals surface area contributed by atoms with Crippen molar-refractivity contribution in [1.29, 1.82) is 0 Å². The van der Waals surface area contributed by atoms with Crippen molar-refractivity contribution in [2.75, 3.05) is 0 Å². The van der Waals surface area contributed by atoms with Gasteiger partial charge in [-0.1, -0.05) is 246 Å². The summed E-state index contributed by atoms with van der Waals surface area (Å²) in [6.45, 7) is 9.00. The summed E-state index contributed by atoms with van der Waals surface area (Å²) in [6, 6.07) is 0. The quantitative estimate of drug-likeness (QED) is 0.0334. The molecule has 0 aliphatic carbocycles. The first-order valence-corrected chi connectivity index (χ1v) is 30.0. The van der Waals surface area contributed by atoms with Gasteiger partial charge in [-0.3, -0.25) is 9.59 Å². The Balaban J connectivity index is -0.00000124. The third kappa shape index (κ3) is 62.6. The van der Waals surface area contributed by atoms with Crippen molar-refractivity contribution in [3.63, 3.8) is 0 Å². The molecular weight excluding hydrogens is 914 g/mol. The molecule has 0 aromatic carbocycles. The zero-order valence-electron chi connectivity index (χ0n) is 46.5. The topological polar surface area (TPSA) is 133 Å². The normalized spacial score (nSPS) is 11.9. The SMILES string of the molecule is CCCCCCCCCCCC(=O)OC(CCCCCCCCC)CCCCCCCC(=O)[O-].CCCCCCCCCCCC(=O)OC(CCCCCCCCC)CCCCCCCC(=O)[O-].[Zn+2]. The molecule has 0 rings (SSSR count). The van der Waals surface area contributed by atoms with E-state index >= 15 is 0 Å². The molecule has 0 spiro atoms. The first kappa shape index (κ1) is 71.8. The maximum absolute atomic E-state index is 12.4. The maximum atomic E-state index is 12.4. The Hall–Kier alpha value is -1.50. The number of aliphatic carboxylic acids is 2. The van der Waals surface area contributed by atoms with Gasteiger partial charge in [0.15, 0.2) is 0 Å². The Kier molecular flexibility index (Phi) is 63.2. The molecule has 0 amide bonds. The number of ether oxygens (including phenoxy) is 2. The second-order valence-corrected chi connectivity index (χ2v) is 20.6. The molecule has 0 saturated carbocycles. The van der Waals surface area contributed by atoms with Crippen LogP contribution >= 0.6 is 0 Å². The van der Waals surface area contributed by atoms with Gasteiger partial charge in [0.05, 0.1) is 0 Å². The summed E-state index contributed by atoms with van der Waals surface area (Å²) in [6.07, 6.45) is 55.6. The number of carbonyl (C=O) groups excluding carboxylic acids is 4. The van der Waals surface area contributed by atoms with Crippen LogP contribution in [-0.4, -0.2) is 36.1 Å². The molecule has 0 aliphatic rings. The van der Waals surface area contributed by atoms with Gasteiger partial charge in [-0.25, -0.2) is 0 Å². The molecule has 0 bridgehead atoms. The number of carbonyl (C=O) groups is 4. The van der Waals surface area contributed by atoms with Gasteiger partial charge in [0, 0.05) is 24.8 Å². The summed E-state index contributed by atoms with van der Waals surface area (Å²) in [4.78, 5) is 45.8. The Morgan fingerprint density at radius 1 is 0.275 bits per heavy atom. The van der Waals surface area contributed by atoms with Gasteiger partial charge >= 0.3 is 31.4 Å². The molecule has 0 N–H and O–H groups in total. The van der Waals surface area contributed by atoms with Crippen molar-refractivity contribution in [2.24, 2.45) is 0 Å². The number of unbranched alkanes of at least 4 members (excludes halogenated alkanes) is 36. The predicted molar refractivity (Wildman–Crippen MR) is 283 cm³/mol. The standard InChI is InChI=1S/2C30H58O4.Zn/c2*1-3-5-7-9-11-12-14-19-23-27-30(33)34-28(24-20-16-13-10-8-6-4-2)25-21-17-15-18-22-26-29(31)32;/h2*28H,3-27H2,1-2H3,(H,31,32);/q;;+2/p-2. The molecular formula is C60H114O8Zn. The van der Waals surface area contributed by atoms with E-state index in [0.717, 1.165) is 116 Å². The molecule has 2 atom stereocenters. The van der Waals surface area contributed by atoms with E-state index in [9.17, 15) is 29.4 Å². The zero-order chi connectivity index (χ0) is 50.2. The predicted octanol–water partition coefficient (Wildman–Crippen LogP) is 16.9. The van der Waals surface area contributed by atoms with Crippen LogP contribution in [0.5, 0.6) is 0 Å². The van der Waals surface area contributed by atoms with Gasteiger partial charge in [0.1, 0.15) is 12.2 Å². The number of carboxylic acids is 2. The zero-order valence-corrected chi connectivity index (χ0v) is 49.5. The minimum Gasteiger partial charge on any atom is -0.550 e. The summed E-state index contributed by atoms with van der Waals surface area (Å²) < 4.78 is 11.8. The van der Waals surface area contributed by atoms with Crippen LogP contribution in [0.15, 0.2) is 0 Å². The van der Waals surface area contributed by atoms with Crippen LogP contribution < -0.4 is 10.2 Å². The average Bonchev–Trinajstić information content (AvgIpc) is 3.31.